The Morgan fingerprint density at radius 2 is 2.20 bits per heavy atom. The van der Waals surface area contributed by atoms with Crippen molar-refractivity contribution in [1.29, 1.82) is 10.5 Å². The third-order valence-corrected chi connectivity index (χ3v) is 2.76. The molecule has 0 saturated carbocycles. The molecule has 0 aromatic carbocycles. The summed E-state index contributed by atoms with van der Waals surface area (Å²) in [6, 6.07) is 3.70. The molecular formula is C7HClN6S. The number of hydrogen-bond acceptors (Lipinski definition) is 6. The minimum absolute atomic E-state index is 0.0309. The lowest BCUT2D eigenvalue weighted by Crippen LogP contribution is -1.94. The fourth-order valence-corrected chi connectivity index (χ4v) is 1.88. The van der Waals surface area contributed by atoms with Crippen LogP contribution in [0.25, 0.3) is 5.00 Å². The molecule has 0 aliphatic heterocycles. The van der Waals surface area contributed by atoms with Crippen LogP contribution in [-0.4, -0.2) is 19.1 Å². The van der Waals surface area contributed by atoms with Gasteiger partial charge in [0.05, 0.1) is 0 Å². The Morgan fingerprint density at radius 1 is 1.40 bits per heavy atom. The summed E-state index contributed by atoms with van der Waals surface area (Å²) < 4.78 is 5.12. The van der Waals surface area contributed by atoms with E-state index in [4.69, 9.17) is 22.1 Å². The summed E-state index contributed by atoms with van der Waals surface area (Å²) in [5, 5.41) is 21.8. The van der Waals surface area contributed by atoms with Gasteiger partial charge in [0.2, 0.25) is 0 Å². The summed E-state index contributed by atoms with van der Waals surface area (Å²) in [6.45, 7) is 0. The number of nitriles is 2. The summed E-state index contributed by atoms with van der Waals surface area (Å²) in [5.74, 6) is 0.0309. The number of nitrogens with zero attached hydrogens (tertiary/aromatic N) is 6. The summed E-state index contributed by atoms with van der Waals surface area (Å²) in [6.07, 6.45) is 1.34. The topological polar surface area (TPSA) is 91.2 Å². The van der Waals surface area contributed by atoms with E-state index in [1.54, 1.807) is 6.07 Å². The molecule has 0 N–H and O–H groups in total. The van der Waals surface area contributed by atoms with Crippen molar-refractivity contribution in [3.05, 3.63) is 22.9 Å². The van der Waals surface area contributed by atoms with E-state index in [1.807, 2.05) is 6.07 Å². The van der Waals surface area contributed by atoms with E-state index in [9.17, 15) is 0 Å². The Labute approximate surface area is 93.1 Å². The van der Waals surface area contributed by atoms with Crippen LogP contribution in [-0.2, 0) is 0 Å². The number of rotatable bonds is 1. The molecule has 72 valence electrons. The Bertz CT molecular complexity index is 585. The minimum atomic E-state index is 0.0309. The summed E-state index contributed by atoms with van der Waals surface area (Å²) in [4.78, 5) is 3.71. The fourth-order valence-electron chi connectivity index (χ4n) is 0.925. The molecule has 0 fully saturated rings. The molecular weight excluding hydrogens is 236 g/mol. The van der Waals surface area contributed by atoms with Crippen molar-refractivity contribution in [2.24, 2.45) is 0 Å². The molecule has 2 rings (SSSR count). The van der Waals surface area contributed by atoms with Gasteiger partial charge in [0.15, 0.2) is 10.2 Å². The van der Waals surface area contributed by atoms with E-state index < -0.39 is 0 Å². The molecule has 0 atom stereocenters. The summed E-state index contributed by atoms with van der Waals surface area (Å²) >= 11 is 6.71. The molecule has 0 amide bonds. The van der Waals surface area contributed by atoms with Crippen LogP contribution in [0.15, 0.2) is 6.33 Å². The first-order chi connectivity index (χ1) is 7.26. The molecule has 15 heavy (non-hydrogen) atoms. The van der Waals surface area contributed by atoms with E-state index >= 15 is 0 Å². The maximum Gasteiger partial charge on any atom is 0.252 e. The van der Waals surface area contributed by atoms with E-state index in [-0.39, 0.29) is 16.5 Å². The third-order valence-electron chi connectivity index (χ3n) is 1.54. The fraction of sp³-hybridized carbons (Fsp3) is 0. The monoisotopic (exact) mass is 236 g/mol. The zero-order chi connectivity index (χ0) is 10.8. The number of aromatic nitrogens is 4. The van der Waals surface area contributed by atoms with Gasteiger partial charge in [-0.05, 0) is 11.5 Å². The first kappa shape index (κ1) is 9.59. The lowest BCUT2D eigenvalue weighted by atomic mass is 10.4. The largest absolute Gasteiger partial charge is 0.252 e. The van der Waals surface area contributed by atoms with E-state index in [2.05, 4.69) is 14.5 Å². The van der Waals surface area contributed by atoms with Crippen LogP contribution in [0.1, 0.15) is 11.4 Å². The average Bonchev–Trinajstić information content (AvgIpc) is 2.83. The van der Waals surface area contributed by atoms with Gasteiger partial charge in [-0.25, -0.2) is 9.67 Å². The first-order valence-electron chi connectivity index (χ1n) is 3.63. The Kier molecular flexibility index (Phi) is 2.34. The molecule has 8 heteroatoms. The maximum atomic E-state index is 8.82. The van der Waals surface area contributed by atoms with Crippen molar-refractivity contribution in [2.45, 2.75) is 0 Å². The maximum absolute atomic E-state index is 8.82. The highest BCUT2D eigenvalue weighted by Gasteiger charge is 2.14. The average molecular weight is 237 g/mol. The third kappa shape index (κ3) is 1.54. The summed E-state index contributed by atoms with van der Waals surface area (Å²) in [7, 11) is 0. The molecule has 2 aromatic heterocycles. The van der Waals surface area contributed by atoms with E-state index in [1.165, 1.54) is 11.0 Å². The van der Waals surface area contributed by atoms with Crippen LogP contribution in [0, 0.1) is 22.7 Å². The van der Waals surface area contributed by atoms with Crippen molar-refractivity contribution in [2.75, 3.05) is 0 Å². The lowest BCUT2D eigenvalue weighted by Gasteiger charge is -1.92. The van der Waals surface area contributed by atoms with Crippen molar-refractivity contribution < 1.29 is 0 Å². The van der Waals surface area contributed by atoms with Gasteiger partial charge in [0.25, 0.3) is 5.82 Å². The molecule has 0 saturated heterocycles. The van der Waals surface area contributed by atoms with Crippen LogP contribution >= 0.6 is 23.1 Å². The Balaban J connectivity index is 2.56. The lowest BCUT2D eigenvalue weighted by molar-refractivity contribution is 0.887. The zero-order valence-corrected chi connectivity index (χ0v) is 8.62. The normalized spacial score (nSPS) is 9.53. The van der Waals surface area contributed by atoms with Crippen molar-refractivity contribution in [3.8, 4) is 17.1 Å². The first-order valence-corrected chi connectivity index (χ1v) is 4.79. The van der Waals surface area contributed by atoms with E-state index in [0.29, 0.717) is 5.00 Å². The van der Waals surface area contributed by atoms with Crippen LogP contribution < -0.4 is 0 Å². The number of hydrogen-bond donors (Lipinski definition) is 0. The van der Waals surface area contributed by atoms with Gasteiger partial charge in [-0.15, -0.1) is 5.10 Å². The summed E-state index contributed by atoms with van der Waals surface area (Å²) in [5.41, 5.74) is 0.232. The number of halogens is 1. The quantitative estimate of drug-likeness (QED) is 0.740. The molecule has 2 aromatic rings. The van der Waals surface area contributed by atoms with Crippen molar-refractivity contribution in [1.82, 2.24) is 19.1 Å². The highest BCUT2D eigenvalue weighted by atomic mass is 35.5. The van der Waals surface area contributed by atoms with Crippen LogP contribution in [0.5, 0.6) is 0 Å². The van der Waals surface area contributed by atoms with Gasteiger partial charge in [-0.2, -0.15) is 14.9 Å². The van der Waals surface area contributed by atoms with Gasteiger partial charge in [-0.1, -0.05) is 11.6 Å². The van der Waals surface area contributed by atoms with E-state index in [0.717, 1.165) is 11.5 Å². The smallest absolute Gasteiger partial charge is 0.207 e. The minimum Gasteiger partial charge on any atom is -0.207 e. The van der Waals surface area contributed by atoms with Crippen molar-refractivity contribution >= 4 is 23.1 Å². The van der Waals surface area contributed by atoms with Gasteiger partial charge < -0.3 is 0 Å². The molecule has 0 aliphatic carbocycles. The van der Waals surface area contributed by atoms with Gasteiger partial charge in [-0.3, -0.25) is 0 Å². The predicted octanol–water partition coefficient (Wildman–Crippen LogP) is 1.12. The highest BCUT2D eigenvalue weighted by Crippen LogP contribution is 2.25. The molecule has 2 heterocycles. The van der Waals surface area contributed by atoms with Crippen LogP contribution in [0.4, 0.5) is 0 Å². The molecule has 0 unspecified atom stereocenters. The van der Waals surface area contributed by atoms with Crippen LogP contribution in [0.3, 0.4) is 0 Å². The van der Waals surface area contributed by atoms with Gasteiger partial charge >= 0.3 is 0 Å². The standard InChI is InChI=1S/C7HClN6S/c8-6-4(1-9)7(15-13-6)14-3-11-5(2-10)12-14/h3H. The second-order valence-electron chi connectivity index (χ2n) is 2.39. The zero-order valence-electron chi connectivity index (χ0n) is 7.05. The van der Waals surface area contributed by atoms with Gasteiger partial charge in [0.1, 0.15) is 24.0 Å². The Morgan fingerprint density at radius 3 is 2.80 bits per heavy atom. The molecule has 6 nitrogen and oxygen atoms in total. The van der Waals surface area contributed by atoms with Gasteiger partial charge in [0, 0.05) is 0 Å². The molecule has 0 spiro atoms. The highest BCUT2D eigenvalue weighted by molar-refractivity contribution is 7.09. The van der Waals surface area contributed by atoms with Crippen LogP contribution in [0.2, 0.25) is 5.15 Å². The second-order valence-corrected chi connectivity index (χ2v) is 3.50. The molecule has 0 bridgehead atoms. The predicted molar refractivity (Wildman–Crippen MR) is 51.5 cm³/mol. The van der Waals surface area contributed by atoms with Crippen molar-refractivity contribution in [3.63, 3.8) is 0 Å². The second kappa shape index (κ2) is 3.65. The Hall–Kier alpha value is -1.96. The SMILES string of the molecule is N#Cc1ncn(-c2snc(Cl)c2C#N)n1. The molecule has 0 radical (unpaired) electrons. The molecule has 0 aliphatic rings.